The third-order valence-electron chi connectivity index (χ3n) is 2.49. The zero-order chi connectivity index (χ0) is 13.2. The molecule has 0 unspecified atom stereocenters. The molecule has 98 valence electrons. The van der Waals surface area contributed by atoms with E-state index < -0.39 is 18.8 Å². The van der Waals surface area contributed by atoms with Crippen LogP contribution in [0.15, 0.2) is 30.3 Å². The fourth-order valence-corrected chi connectivity index (χ4v) is 2.61. The monoisotopic (exact) mass is 275 g/mol. The van der Waals surface area contributed by atoms with Crippen molar-refractivity contribution in [3.8, 4) is 0 Å². The van der Waals surface area contributed by atoms with Gasteiger partial charge in [0, 0.05) is 22.7 Å². The van der Waals surface area contributed by atoms with Crippen molar-refractivity contribution in [3.05, 3.63) is 35.2 Å². The highest BCUT2D eigenvalue weighted by molar-refractivity contribution is 7.19. The topological polar surface area (TPSA) is 32.3 Å². The Labute approximate surface area is 106 Å². The van der Waals surface area contributed by atoms with Gasteiger partial charge in [-0.3, -0.25) is 0 Å². The first-order valence-electron chi connectivity index (χ1n) is 5.40. The summed E-state index contributed by atoms with van der Waals surface area (Å²) in [6.07, 6.45) is -6.88. The maximum atomic E-state index is 12.1. The molecular weight excluding hydrogens is 263 g/mol. The first kappa shape index (κ1) is 13.3. The number of halogens is 3. The number of thiophene rings is 1. The van der Waals surface area contributed by atoms with Gasteiger partial charge in [0.25, 0.3) is 0 Å². The predicted molar refractivity (Wildman–Crippen MR) is 65.6 cm³/mol. The average Bonchev–Trinajstić information content (AvgIpc) is 2.70. The molecule has 2 aromatic rings. The Kier molecular flexibility index (Phi) is 3.89. The second kappa shape index (κ2) is 5.26. The fraction of sp³-hybridized carbons (Fsp3) is 0.333. The number of alkyl halides is 3. The van der Waals surface area contributed by atoms with Crippen LogP contribution >= 0.6 is 11.3 Å². The molecule has 2 rings (SSSR count). The lowest BCUT2D eigenvalue weighted by Gasteiger charge is -2.14. The lowest BCUT2D eigenvalue weighted by Crippen LogP contribution is -2.38. The first-order valence-corrected chi connectivity index (χ1v) is 6.21. The van der Waals surface area contributed by atoms with Crippen LogP contribution in [0.4, 0.5) is 13.2 Å². The molecule has 0 saturated heterocycles. The summed E-state index contributed by atoms with van der Waals surface area (Å²) in [6, 6.07) is 9.70. The number of aliphatic hydroxyl groups is 1. The summed E-state index contributed by atoms with van der Waals surface area (Å²) in [5.41, 5.74) is 0. The molecule has 0 bridgehead atoms. The van der Waals surface area contributed by atoms with Crippen molar-refractivity contribution in [2.24, 2.45) is 0 Å². The van der Waals surface area contributed by atoms with E-state index in [0.717, 1.165) is 15.0 Å². The van der Waals surface area contributed by atoms with Crippen molar-refractivity contribution in [2.45, 2.75) is 18.8 Å². The lowest BCUT2D eigenvalue weighted by atomic mass is 10.2. The molecule has 0 aliphatic rings. The zero-order valence-corrected chi connectivity index (χ0v) is 10.2. The molecule has 0 aliphatic heterocycles. The summed E-state index contributed by atoms with van der Waals surface area (Å²) in [7, 11) is 0. The number of nitrogens with one attached hydrogen (secondary N) is 1. The van der Waals surface area contributed by atoms with Crippen LogP contribution in [0.25, 0.3) is 10.1 Å². The standard InChI is InChI=1S/C12H12F3NOS/c13-12(14,15)11(17)7-16-6-9-5-8-3-1-2-4-10(8)18-9/h1-5,11,16-17H,6-7H2/t11-/m1/s1. The van der Waals surface area contributed by atoms with E-state index in [1.54, 1.807) is 0 Å². The molecule has 6 heteroatoms. The molecule has 1 aromatic carbocycles. The minimum atomic E-state index is -4.56. The van der Waals surface area contributed by atoms with Gasteiger partial charge in [0.1, 0.15) is 0 Å². The molecule has 1 aromatic heterocycles. The van der Waals surface area contributed by atoms with Crippen molar-refractivity contribution >= 4 is 21.4 Å². The van der Waals surface area contributed by atoms with E-state index in [9.17, 15) is 13.2 Å². The Morgan fingerprint density at radius 1 is 1.28 bits per heavy atom. The Morgan fingerprint density at radius 3 is 2.67 bits per heavy atom. The molecule has 18 heavy (non-hydrogen) atoms. The van der Waals surface area contributed by atoms with Gasteiger partial charge in [-0.1, -0.05) is 18.2 Å². The van der Waals surface area contributed by atoms with E-state index in [-0.39, 0.29) is 0 Å². The third-order valence-corrected chi connectivity index (χ3v) is 3.61. The maximum Gasteiger partial charge on any atom is 0.415 e. The van der Waals surface area contributed by atoms with Gasteiger partial charge in [-0.15, -0.1) is 11.3 Å². The van der Waals surface area contributed by atoms with Crippen LogP contribution in [-0.4, -0.2) is 23.9 Å². The predicted octanol–water partition coefficient (Wildman–Crippen LogP) is 2.91. The van der Waals surface area contributed by atoms with Crippen LogP contribution < -0.4 is 5.32 Å². The molecule has 0 saturated carbocycles. The van der Waals surface area contributed by atoms with E-state index in [1.807, 2.05) is 30.3 Å². The number of benzene rings is 1. The van der Waals surface area contributed by atoms with Gasteiger partial charge in [-0.25, -0.2) is 0 Å². The first-order chi connectivity index (χ1) is 8.47. The highest BCUT2D eigenvalue weighted by Gasteiger charge is 2.37. The lowest BCUT2D eigenvalue weighted by molar-refractivity contribution is -0.201. The van der Waals surface area contributed by atoms with Crippen LogP contribution in [0.2, 0.25) is 0 Å². The molecule has 1 atom stereocenters. The van der Waals surface area contributed by atoms with Gasteiger partial charge in [0.05, 0.1) is 0 Å². The fourth-order valence-electron chi connectivity index (χ4n) is 1.57. The second-order valence-electron chi connectivity index (χ2n) is 3.94. The van der Waals surface area contributed by atoms with Gasteiger partial charge in [0.2, 0.25) is 0 Å². The summed E-state index contributed by atoms with van der Waals surface area (Å²) in [5, 5.41) is 12.5. The minimum Gasteiger partial charge on any atom is -0.382 e. The Morgan fingerprint density at radius 2 is 2.00 bits per heavy atom. The normalized spacial score (nSPS) is 14.0. The summed E-state index contributed by atoms with van der Waals surface area (Å²) in [5.74, 6) is 0. The summed E-state index contributed by atoms with van der Waals surface area (Å²) in [4.78, 5) is 0.950. The molecule has 0 amide bonds. The summed E-state index contributed by atoms with van der Waals surface area (Å²) in [6.45, 7) is -0.162. The molecule has 2 nitrogen and oxygen atoms in total. The molecule has 0 radical (unpaired) electrons. The number of fused-ring (bicyclic) bond motifs is 1. The highest BCUT2D eigenvalue weighted by atomic mass is 32.1. The van der Waals surface area contributed by atoms with E-state index in [0.29, 0.717) is 6.54 Å². The number of aliphatic hydroxyl groups excluding tert-OH is 1. The quantitative estimate of drug-likeness (QED) is 0.899. The van der Waals surface area contributed by atoms with E-state index >= 15 is 0 Å². The van der Waals surface area contributed by atoms with E-state index in [2.05, 4.69) is 5.32 Å². The largest absolute Gasteiger partial charge is 0.415 e. The second-order valence-corrected chi connectivity index (χ2v) is 5.11. The van der Waals surface area contributed by atoms with Gasteiger partial charge in [-0.2, -0.15) is 13.2 Å². The van der Waals surface area contributed by atoms with Crippen LogP contribution in [0.3, 0.4) is 0 Å². The molecule has 0 fully saturated rings. The van der Waals surface area contributed by atoms with Gasteiger partial charge in [-0.05, 0) is 17.5 Å². The van der Waals surface area contributed by atoms with Gasteiger partial charge in [0.15, 0.2) is 6.10 Å². The van der Waals surface area contributed by atoms with Crippen LogP contribution in [0, 0.1) is 0 Å². The van der Waals surface area contributed by atoms with E-state index in [1.165, 1.54) is 11.3 Å². The van der Waals surface area contributed by atoms with Gasteiger partial charge < -0.3 is 10.4 Å². The maximum absolute atomic E-state index is 12.1. The van der Waals surface area contributed by atoms with Crippen LogP contribution in [-0.2, 0) is 6.54 Å². The number of hydrogen-bond donors (Lipinski definition) is 2. The number of hydrogen-bond acceptors (Lipinski definition) is 3. The molecule has 1 heterocycles. The molecule has 0 aliphatic carbocycles. The zero-order valence-electron chi connectivity index (χ0n) is 9.37. The SMILES string of the molecule is O[C@H](CNCc1cc2ccccc2s1)C(F)(F)F. The van der Waals surface area contributed by atoms with E-state index in [4.69, 9.17) is 5.11 Å². The van der Waals surface area contributed by atoms with Crippen LogP contribution in [0.5, 0.6) is 0 Å². The molecular formula is C12H12F3NOS. The van der Waals surface area contributed by atoms with Crippen molar-refractivity contribution in [2.75, 3.05) is 6.54 Å². The average molecular weight is 275 g/mol. The Hall–Kier alpha value is -1.11. The summed E-state index contributed by atoms with van der Waals surface area (Å²) >= 11 is 1.53. The van der Waals surface area contributed by atoms with Gasteiger partial charge >= 0.3 is 6.18 Å². The number of rotatable bonds is 4. The smallest absolute Gasteiger partial charge is 0.382 e. The van der Waals surface area contributed by atoms with Crippen molar-refractivity contribution in [1.29, 1.82) is 0 Å². The molecule has 0 spiro atoms. The Balaban J connectivity index is 1.91. The highest BCUT2D eigenvalue weighted by Crippen LogP contribution is 2.25. The van der Waals surface area contributed by atoms with Crippen molar-refractivity contribution in [1.82, 2.24) is 5.32 Å². The summed E-state index contributed by atoms with van der Waals surface area (Å²) < 4.78 is 37.3. The Bertz CT molecular complexity index is 490. The van der Waals surface area contributed by atoms with Crippen molar-refractivity contribution in [3.63, 3.8) is 0 Å². The minimum absolute atomic E-state index is 0.326. The third kappa shape index (κ3) is 3.22. The molecule has 2 N–H and O–H groups in total. The van der Waals surface area contributed by atoms with Crippen molar-refractivity contribution < 1.29 is 18.3 Å². The van der Waals surface area contributed by atoms with Crippen LogP contribution in [0.1, 0.15) is 4.88 Å².